The first kappa shape index (κ1) is 21.8. The summed E-state index contributed by atoms with van der Waals surface area (Å²) in [5, 5.41) is 0.324. The Labute approximate surface area is 204 Å². The molecule has 8 heteroatoms. The first-order valence-electron chi connectivity index (χ1n) is 11.0. The third kappa shape index (κ3) is 2.79. The van der Waals surface area contributed by atoms with Gasteiger partial charge < -0.3 is 4.74 Å². The number of hydrogen-bond donors (Lipinski definition) is 0. The van der Waals surface area contributed by atoms with Crippen LogP contribution in [0.1, 0.15) is 37.9 Å². The maximum atomic E-state index is 13.9. The summed E-state index contributed by atoms with van der Waals surface area (Å²) < 4.78 is 19.8. The quantitative estimate of drug-likeness (QED) is 0.391. The van der Waals surface area contributed by atoms with Gasteiger partial charge in [-0.15, -0.1) is 0 Å². The highest BCUT2D eigenvalue weighted by atomic mass is 35.5. The lowest BCUT2D eigenvalue weighted by atomic mass is 9.77. The van der Waals surface area contributed by atoms with Crippen molar-refractivity contribution in [1.82, 2.24) is 0 Å². The molecule has 3 aromatic carbocycles. The highest BCUT2D eigenvalue weighted by Crippen LogP contribution is 2.57. The molecule has 2 heterocycles. The second kappa shape index (κ2) is 7.41. The van der Waals surface area contributed by atoms with E-state index in [0.717, 1.165) is 4.90 Å². The topological polar surface area (TPSA) is 80.8 Å². The van der Waals surface area contributed by atoms with Gasteiger partial charge in [-0.25, -0.2) is 9.29 Å². The van der Waals surface area contributed by atoms with E-state index in [1.54, 1.807) is 31.2 Å². The van der Waals surface area contributed by atoms with E-state index in [1.807, 2.05) is 0 Å². The summed E-state index contributed by atoms with van der Waals surface area (Å²) in [5.74, 6) is -5.64. The monoisotopic (exact) mass is 489 g/mol. The van der Waals surface area contributed by atoms with Gasteiger partial charge >= 0.3 is 0 Å². The normalized spacial score (nSPS) is 24.4. The molecule has 6 nitrogen and oxygen atoms in total. The van der Waals surface area contributed by atoms with Crippen LogP contribution in [0.4, 0.5) is 10.1 Å². The summed E-state index contributed by atoms with van der Waals surface area (Å²) in [5.41, 5.74) is -0.591. The first-order valence-corrected chi connectivity index (χ1v) is 11.4. The predicted molar refractivity (Wildman–Crippen MR) is 124 cm³/mol. The molecule has 2 saturated heterocycles. The van der Waals surface area contributed by atoms with E-state index < -0.39 is 52.7 Å². The standard InChI is InChI=1S/C27H17ClFNO5/c1-13-6-9-15(28)12-19(13)30-25(33)20-21(26(30)34)27(35-22(20)14-7-10-16(29)11-8-14)23(31)17-4-2-3-5-18(17)24(27)32/h2-12,20-22H,1H3/t20-,21+,22-/m0/s1. The van der Waals surface area contributed by atoms with Crippen molar-refractivity contribution in [3.63, 3.8) is 0 Å². The van der Waals surface area contributed by atoms with Crippen LogP contribution < -0.4 is 4.90 Å². The average molecular weight is 490 g/mol. The second-order valence-electron chi connectivity index (χ2n) is 8.98. The maximum absolute atomic E-state index is 13.9. The van der Waals surface area contributed by atoms with Crippen molar-refractivity contribution in [2.75, 3.05) is 4.90 Å². The molecule has 2 aliphatic heterocycles. The number of ketones is 2. The van der Waals surface area contributed by atoms with Crippen LogP contribution in [0, 0.1) is 24.6 Å². The Morgan fingerprint density at radius 3 is 2.14 bits per heavy atom. The Balaban J connectivity index is 1.56. The smallest absolute Gasteiger partial charge is 0.241 e. The number of Topliss-reactive ketones (excluding diaryl/α,β-unsaturated/α-hetero) is 2. The number of imide groups is 1. The molecule has 0 unspecified atom stereocenters. The van der Waals surface area contributed by atoms with Crippen molar-refractivity contribution in [2.24, 2.45) is 11.8 Å². The molecule has 1 aliphatic carbocycles. The van der Waals surface area contributed by atoms with E-state index in [4.69, 9.17) is 16.3 Å². The van der Waals surface area contributed by atoms with Crippen LogP contribution in [0.2, 0.25) is 5.02 Å². The largest absolute Gasteiger partial charge is 0.349 e. The van der Waals surface area contributed by atoms with E-state index in [0.29, 0.717) is 16.1 Å². The summed E-state index contributed by atoms with van der Waals surface area (Å²) in [6, 6.07) is 16.3. The molecule has 1 spiro atoms. The van der Waals surface area contributed by atoms with Gasteiger partial charge in [0.25, 0.3) is 0 Å². The molecule has 3 aliphatic rings. The van der Waals surface area contributed by atoms with Gasteiger partial charge in [-0.05, 0) is 42.3 Å². The molecule has 2 fully saturated rings. The van der Waals surface area contributed by atoms with Crippen molar-refractivity contribution in [2.45, 2.75) is 18.6 Å². The Morgan fingerprint density at radius 1 is 0.886 bits per heavy atom. The number of anilines is 1. The molecular weight excluding hydrogens is 473 g/mol. The van der Waals surface area contributed by atoms with Gasteiger partial charge in [0.1, 0.15) is 5.82 Å². The van der Waals surface area contributed by atoms with Gasteiger partial charge in [-0.2, -0.15) is 0 Å². The fourth-order valence-corrected chi connectivity index (χ4v) is 5.70. The minimum absolute atomic E-state index is 0.147. The Hall–Kier alpha value is -3.68. The van der Waals surface area contributed by atoms with E-state index in [-0.39, 0.29) is 16.8 Å². The fourth-order valence-electron chi connectivity index (χ4n) is 5.53. The number of nitrogens with zero attached hydrogens (tertiary/aromatic N) is 1. The number of aryl methyl sites for hydroxylation is 1. The number of halogens is 2. The van der Waals surface area contributed by atoms with Gasteiger partial charge in [0, 0.05) is 16.1 Å². The fraction of sp³-hybridized carbons (Fsp3) is 0.185. The maximum Gasteiger partial charge on any atom is 0.241 e. The lowest BCUT2D eigenvalue weighted by Gasteiger charge is -2.27. The van der Waals surface area contributed by atoms with Crippen LogP contribution in [-0.4, -0.2) is 29.0 Å². The van der Waals surface area contributed by atoms with Crippen LogP contribution in [-0.2, 0) is 14.3 Å². The SMILES string of the molecule is Cc1ccc(Cl)cc1N1C(=O)[C@@H]2[C@H](c3ccc(F)cc3)OC3(C(=O)c4ccccc4C3=O)[C@H]2C1=O. The van der Waals surface area contributed by atoms with E-state index in [2.05, 4.69) is 0 Å². The van der Waals surface area contributed by atoms with Crippen LogP contribution >= 0.6 is 11.6 Å². The summed E-state index contributed by atoms with van der Waals surface area (Å²) in [7, 11) is 0. The molecule has 2 amide bonds. The highest BCUT2D eigenvalue weighted by molar-refractivity contribution is 6.37. The van der Waals surface area contributed by atoms with Crippen LogP contribution in [0.3, 0.4) is 0 Å². The molecule has 0 aromatic heterocycles. The van der Waals surface area contributed by atoms with Gasteiger partial charge in [0.05, 0.1) is 23.6 Å². The number of fused-ring (bicyclic) bond motifs is 3. The molecule has 174 valence electrons. The Kier molecular flexibility index (Phi) is 4.62. The highest BCUT2D eigenvalue weighted by Gasteiger charge is 2.74. The Bertz CT molecular complexity index is 1430. The lowest BCUT2D eigenvalue weighted by Crippen LogP contribution is -2.51. The van der Waals surface area contributed by atoms with E-state index in [1.165, 1.54) is 42.5 Å². The molecule has 35 heavy (non-hydrogen) atoms. The molecule has 0 radical (unpaired) electrons. The van der Waals surface area contributed by atoms with Crippen molar-refractivity contribution in [3.8, 4) is 0 Å². The van der Waals surface area contributed by atoms with Gasteiger partial charge in [0.2, 0.25) is 29.0 Å². The van der Waals surface area contributed by atoms with Crippen LogP contribution in [0.15, 0.2) is 66.7 Å². The summed E-state index contributed by atoms with van der Waals surface area (Å²) in [4.78, 5) is 56.2. The number of ether oxygens (including phenoxy) is 1. The molecular formula is C27H17ClFNO5. The molecule has 0 bridgehead atoms. The molecule has 0 saturated carbocycles. The van der Waals surface area contributed by atoms with Crippen molar-refractivity contribution in [1.29, 1.82) is 0 Å². The summed E-state index contributed by atoms with van der Waals surface area (Å²) >= 11 is 6.16. The number of hydrogen-bond acceptors (Lipinski definition) is 5. The zero-order valence-electron chi connectivity index (χ0n) is 18.3. The second-order valence-corrected chi connectivity index (χ2v) is 9.41. The number of amides is 2. The third-order valence-corrected chi connectivity index (χ3v) is 7.36. The molecule has 3 atom stereocenters. The zero-order chi connectivity index (χ0) is 24.6. The number of rotatable bonds is 2. The minimum atomic E-state index is -2.18. The van der Waals surface area contributed by atoms with Crippen molar-refractivity contribution >= 4 is 40.7 Å². The Morgan fingerprint density at radius 2 is 1.51 bits per heavy atom. The number of carbonyl (C=O) groups excluding carboxylic acids is 4. The lowest BCUT2D eigenvalue weighted by molar-refractivity contribution is -0.127. The predicted octanol–water partition coefficient (Wildman–Crippen LogP) is 4.48. The van der Waals surface area contributed by atoms with Crippen LogP contribution in [0.25, 0.3) is 0 Å². The van der Waals surface area contributed by atoms with Gasteiger partial charge in [-0.3, -0.25) is 19.2 Å². The van der Waals surface area contributed by atoms with Crippen molar-refractivity contribution < 1.29 is 28.3 Å². The molecule has 6 rings (SSSR count). The van der Waals surface area contributed by atoms with Crippen molar-refractivity contribution in [3.05, 3.63) is 99.8 Å². The number of carbonyl (C=O) groups is 4. The molecule has 0 N–H and O–H groups in total. The van der Waals surface area contributed by atoms with E-state index in [9.17, 15) is 23.6 Å². The van der Waals surface area contributed by atoms with Crippen LogP contribution in [0.5, 0.6) is 0 Å². The van der Waals surface area contributed by atoms with Gasteiger partial charge in [0.15, 0.2) is 0 Å². The third-order valence-electron chi connectivity index (χ3n) is 7.13. The average Bonchev–Trinajstić information content (AvgIpc) is 3.41. The molecule has 3 aromatic rings. The summed E-state index contributed by atoms with van der Waals surface area (Å²) in [6.07, 6.45) is -1.11. The zero-order valence-corrected chi connectivity index (χ0v) is 19.1. The van der Waals surface area contributed by atoms with Gasteiger partial charge in [-0.1, -0.05) is 54.1 Å². The summed E-state index contributed by atoms with van der Waals surface area (Å²) in [6.45, 7) is 1.73. The first-order chi connectivity index (χ1) is 16.8. The number of benzene rings is 3. The minimum Gasteiger partial charge on any atom is -0.349 e. The van der Waals surface area contributed by atoms with E-state index >= 15 is 0 Å².